The Morgan fingerprint density at radius 1 is 1.02 bits per heavy atom. The molecule has 0 saturated heterocycles. The number of carbonyl (C=O) groups is 1. The van der Waals surface area contributed by atoms with Crippen LogP contribution in [0.3, 0.4) is 0 Å². The van der Waals surface area contributed by atoms with Gasteiger partial charge in [-0.15, -0.1) is 0 Å². The number of halogens is 4. The Bertz CT molecular complexity index is 2040. The number of nitrogens with one attached hydrogen (secondary N) is 3. The van der Waals surface area contributed by atoms with Gasteiger partial charge in [-0.3, -0.25) is 9.59 Å². The maximum Gasteiger partial charge on any atom is 0.421 e. The van der Waals surface area contributed by atoms with Crippen molar-refractivity contribution >= 4 is 34.1 Å². The maximum absolute atomic E-state index is 15.0. The van der Waals surface area contributed by atoms with E-state index in [1.165, 1.54) is 12.1 Å². The lowest BCUT2D eigenvalue weighted by Crippen LogP contribution is -2.36. The van der Waals surface area contributed by atoms with E-state index in [1.807, 2.05) is 18.2 Å². The zero-order chi connectivity index (χ0) is 32.0. The summed E-state index contributed by atoms with van der Waals surface area (Å²) < 4.78 is 55.3. The zero-order valence-electron chi connectivity index (χ0n) is 24.3. The molecule has 13 heteroatoms. The highest BCUT2D eigenvalue weighted by Crippen LogP contribution is 2.36. The maximum atomic E-state index is 15.0. The molecule has 0 atom stereocenters. The number of benzene rings is 3. The molecular formula is C33H27F4N7O2. The van der Waals surface area contributed by atoms with Crippen LogP contribution < -0.4 is 16.2 Å². The number of hydrogen-bond donors (Lipinski definition) is 3. The summed E-state index contributed by atoms with van der Waals surface area (Å²) in [5, 5.41) is 13.7. The minimum absolute atomic E-state index is 0.0257. The van der Waals surface area contributed by atoms with Crippen molar-refractivity contribution < 1.29 is 22.4 Å². The zero-order valence-corrected chi connectivity index (χ0v) is 24.3. The van der Waals surface area contributed by atoms with Crippen molar-refractivity contribution in [2.75, 3.05) is 17.2 Å². The molecular weight excluding hydrogens is 602 g/mol. The van der Waals surface area contributed by atoms with Crippen molar-refractivity contribution in [3.05, 3.63) is 117 Å². The summed E-state index contributed by atoms with van der Waals surface area (Å²) in [5.74, 6) is -1.30. The van der Waals surface area contributed by atoms with Crippen LogP contribution in [0.5, 0.6) is 0 Å². The number of fused-ring (bicyclic) bond motifs is 2. The molecule has 7 rings (SSSR count). The normalized spacial score (nSPS) is 14.7. The average Bonchev–Trinajstić information content (AvgIpc) is 3.86. The van der Waals surface area contributed by atoms with Gasteiger partial charge in [0.2, 0.25) is 5.95 Å². The van der Waals surface area contributed by atoms with Gasteiger partial charge in [-0.1, -0.05) is 30.3 Å². The fourth-order valence-electron chi connectivity index (χ4n) is 5.63. The second kappa shape index (κ2) is 11.5. The van der Waals surface area contributed by atoms with Gasteiger partial charge in [-0.2, -0.15) is 23.3 Å². The summed E-state index contributed by atoms with van der Waals surface area (Å²) in [4.78, 5) is 35.2. The summed E-state index contributed by atoms with van der Waals surface area (Å²) in [6.45, 7) is 0.605. The van der Waals surface area contributed by atoms with Gasteiger partial charge in [0.25, 0.3) is 11.5 Å². The number of H-pyrrole nitrogens is 1. The van der Waals surface area contributed by atoms with Crippen molar-refractivity contribution in [2.45, 2.75) is 44.4 Å². The molecule has 0 bridgehead atoms. The van der Waals surface area contributed by atoms with E-state index in [0.29, 0.717) is 40.7 Å². The molecule has 1 fully saturated rings. The number of anilines is 3. The molecule has 1 amide bonds. The molecule has 234 valence electrons. The average molecular weight is 630 g/mol. The first kappa shape index (κ1) is 29.4. The lowest BCUT2D eigenvalue weighted by Gasteiger charge is -2.29. The third-order valence-corrected chi connectivity index (χ3v) is 8.18. The van der Waals surface area contributed by atoms with Gasteiger partial charge in [-0.05, 0) is 66.3 Å². The lowest BCUT2D eigenvalue weighted by molar-refractivity contribution is -0.137. The number of rotatable bonds is 7. The minimum Gasteiger partial charge on any atom is -0.367 e. The summed E-state index contributed by atoms with van der Waals surface area (Å²) in [5.41, 5.74) is 2.42. The Labute approximate surface area is 259 Å². The summed E-state index contributed by atoms with van der Waals surface area (Å²) in [6, 6.07) is 16.9. The van der Waals surface area contributed by atoms with E-state index < -0.39 is 23.5 Å². The number of aromatic amines is 1. The van der Waals surface area contributed by atoms with Crippen molar-refractivity contribution in [1.82, 2.24) is 25.1 Å². The van der Waals surface area contributed by atoms with Crippen LogP contribution in [-0.4, -0.2) is 43.6 Å². The molecule has 0 unspecified atom stereocenters. The molecule has 0 radical (unpaired) electrons. The Hall–Kier alpha value is -5.33. The van der Waals surface area contributed by atoms with Crippen LogP contribution >= 0.6 is 0 Å². The van der Waals surface area contributed by atoms with Crippen molar-refractivity contribution in [1.29, 1.82) is 0 Å². The van der Waals surface area contributed by atoms with E-state index in [-0.39, 0.29) is 41.9 Å². The van der Waals surface area contributed by atoms with Crippen LogP contribution in [0.25, 0.3) is 10.8 Å². The Balaban J connectivity index is 1.06. The van der Waals surface area contributed by atoms with Gasteiger partial charge >= 0.3 is 6.18 Å². The quantitative estimate of drug-likeness (QED) is 0.190. The van der Waals surface area contributed by atoms with Crippen LogP contribution in [0, 0.1) is 5.82 Å². The topological polar surface area (TPSA) is 116 Å². The highest BCUT2D eigenvalue weighted by molar-refractivity contribution is 5.95. The number of nitrogens with zero attached hydrogens (tertiary/aromatic N) is 4. The summed E-state index contributed by atoms with van der Waals surface area (Å²) in [7, 11) is 0. The molecule has 2 aromatic heterocycles. The number of alkyl halides is 3. The predicted molar refractivity (Wildman–Crippen MR) is 163 cm³/mol. The van der Waals surface area contributed by atoms with E-state index in [2.05, 4.69) is 30.8 Å². The smallest absolute Gasteiger partial charge is 0.367 e. The lowest BCUT2D eigenvalue weighted by atomic mass is 9.97. The van der Waals surface area contributed by atoms with E-state index in [9.17, 15) is 27.2 Å². The Morgan fingerprint density at radius 2 is 1.83 bits per heavy atom. The van der Waals surface area contributed by atoms with Crippen LogP contribution in [0.1, 0.15) is 51.1 Å². The molecule has 0 spiro atoms. The molecule has 9 nitrogen and oxygen atoms in total. The predicted octanol–water partition coefficient (Wildman–Crippen LogP) is 5.98. The van der Waals surface area contributed by atoms with E-state index in [1.54, 1.807) is 35.2 Å². The third kappa shape index (κ3) is 6.00. The third-order valence-electron chi connectivity index (χ3n) is 8.18. The molecule has 1 aliphatic carbocycles. The van der Waals surface area contributed by atoms with Crippen molar-refractivity contribution in [3.63, 3.8) is 0 Å². The molecule has 3 aromatic carbocycles. The summed E-state index contributed by atoms with van der Waals surface area (Å²) >= 11 is 0. The van der Waals surface area contributed by atoms with Gasteiger partial charge in [0.15, 0.2) is 0 Å². The van der Waals surface area contributed by atoms with Crippen molar-refractivity contribution in [3.8, 4) is 0 Å². The second-order valence-electron chi connectivity index (χ2n) is 11.5. The number of carbonyl (C=O) groups excluding carboxylic acids is 1. The van der Waals surface area contributed by atoms with Gasteiger partial charge in [0.1, 0.15) is 17.2 Å². The molecule has 5 aromatic rings. The highest BCUT2D eigenvalue weighted by Gasteiger charge is 2.37. The molecule has 1 aliphatic heterocycles. The van der Waals surface area contributed by atoms with Gasteiger partial charge in [0, 0.05) is 42.8 Å². The van der Waals surface area contributed by atoms with E-state index in [4.69, 9.17) is 0 Å². The van der Waals surface area contributed by atoms with Gasteiger partial charge < -0.3 is 15.5 Å². The van der Waals surface area contributed by atoms with Crippen LogP contribution in [0.15, 0.2) is 71.7 Å². The first-order valence-electron chi connectivity index (χ1n) is 14.8. The number of hydrogen-bond acceptors (Lipinski definition) is 7. The van der Waals surface area contributed by atoms with E-state index >= 15 is 0 Å². The van der Waals surface area contributed by atoms with Crippen LogP contribution in [0.4, 0.5) is 35.0 Å². The fourth-order valence-corrected chi connectivity index (χ4v) is 5.63. The first-order chi connectivity index (χ1) is 22.1. The van der Waals surface area contributed by atoms with Gasteiger partial charge in [-0.25, -0.2) is 14.5 Å². The minimum atomic E-state index is -4.58. The second-order valence-corrected chi connectivity index (χ2v) is 11.5. The molecule has 2 aliphatic rings. The van der Waals surface area contributed by atoms with Crippen LogP contribution in [0.2, 0.25) is 0 Å². The molecule has 46 heavy (non-hydrogen) atoms. The molecule has 3 heterocycles. The number of amides is 1. The first-order valence-corrected chi connectivity index (χ1v) is 14.8. The highest BCUT2D eigenvalue weighted by atomic mass is 19.4. The Kier molecular flexibility index (Phi) is 7.38. The Morgan fingerprint density at radius 3 is 2.61 bits per heavy atom. The summed E-state index contributed by atoms with van der Waals surface area (Å²) in [6.07, 6.45) is -1.44. The fraction of sp³-hybridized carbons (Fsp3) is 0.242. The largest absolute Gasteiger partial charge is 0.421 e. The standard InChI is InChI=1S/C33H27F4N7O2/c34-27-10-5-18(14-28-23-3-1-2-4-24(23)30(45)43-42-28)13-25(27)31(46)44-12-11-19-15-22(7-6-20(19)17-44)40-32-38-16-26(33(35,36)37)29(41-32)39-21-8-9-21/h1-7,10,13,15-16,21H,8-9,11-12,14,17H2,(H,43,45)(H2,38,39,40,41). The number of aromatic nitrogens is 4. The van der Waals surface area contributed by atoms with Crippen molar-refractivity contribution in [2.24, 2.45) is 0 Å². The molecule has 1 saturated carbocycles. The SMILES string of the molecule is O=C(c1cc(Cc2n[nH]c(=O)c3ccccc23)ccc1F)N1CCc2cc(Nc3ncc(C(F)(F)F)c(NC4CC4)n3)ccc2C1. The molecule has 3 N–H and O–H groups in total. The monoisotopic (exact) mass is 629 g/mol. The van der Waals surface area contributed by atoms with Gasteiger partial charge in [0.05, 0.1) is 16.6 Å². The van der Waals surface area contributed by atoms with E-state index in [0.717, 1.165) is 30.2 Å². The van der Waals surface area contributed by atoms with Crippen LogP contribution in [-0.2, 0) is 25.6 Å².